The topological polar surface area (TPSA) is 82.0 Å². The van der Waals surface area contributed by atoms with Gasteiger partial charge in [0.2, 0.25) is 0 Å². The molecule has 0 unspecified atom stereocenters. The molecule has 0 fully saturated rings. The fourth-order valence-corrected chi connectivity index (χ4v) is 2.71. The maximum atomic E-state index is 12.5. The fraction of sp³-hybridized carbons (Fsp3) is 0.0870. The van der Waals surface area contributed by atoms with Crippen LogP contribution >= 0.6 is 0 Å². The van der Waals surface area contributed by atoms with Crippen LogP contribution < -0.4 is 10.6 Å². The van der Waals surface area contributed by atoms with Gasteiger partial charge in [0.1, 0.15) is 6.07 Å². The average molecular weight is 369 g/mol. The van der Waals surface area contributed by atoms with E-state index in [1.54, 1.807) is 42.5 Å². The molecule has 0 spiro atoms. The van der Waals surface area contributed by atoms with Crippen LogP contribution in [0.3, 0.4) is 0 Å². The molecule has 0 aromatic heterocycles. The molecule has 138 valence electrons. The first kappa shape index (κ1) is 18.9. The van der Waals surface area contributed by atoms with Gasteiger partial charge in [-0.1, -0.05) is 37.3 Å². The lowest BCUT2D eigenvalue weighted by atomic mass is 10.1. The van der Waals surface area contributed by atoms with Crippen LogP contribution in [0.4, 0.5) is 11.4 Å². The summed E-state index contributed by atoms with van der Waals surface area (Å²) in [5, 5.41) is 14.7. The van der Waals surface area contributed by atoms with Crippen molar-refractivity contribution >= 4 is 23.2 Å². The first-order valence-electron chi connectivity index (χ1n) is 8.91. The van der Waals surface area contributed by atoms with Crippen molar-refractivity contribution in [3.63, 3.8) is 0 Å². The lowest BCUT2D eigenvalue weighted by molar-refractivity contribution is 0.102. The highest BCUT2D eigenvalue weighted by atomic mass is 16.2. The largest absolute Gasteiger partial charge is 0.322 e. The number of hydrogen-bond donors (Lipinski definition) is 2. The third kappa shape index (κ3) is 4.43. The molecule has 2 N–H and O–H groups in total. The molecule has 0 aliphatic rings. The van der Waals surface area contributed by atoms with Crippen molar-refractivity contribution in [1.82, 2.24) is 0 Å². The molecule has 5 heteroatoms. The van der Waals surface area contributed by atoms with E-state index < -0.39 is 0 Å². The zero-order valence-corrected chi connectivity index (χ0v) is 15.4. The van der Waals surface area contributed by atoms with Crippen LogP contribution in [0.2, 0.25) is 0 Å². The first-order valence-corrected chi connectivity index (χ1v) is 8.91. The van der Waals surface area contributed by atoms with E-state index >= 15 is 0 Å². The number of nitriles is 1. The highest BCUT2D eigenvalue weighted by Crippen LogP contribution is 2.16. The summed E-state index contributed by atoms with van der Waals surface area (Å²) in [5.74, 6) is -0.680. The zero-order chi connectivity index (χ0) is 19.9. The van der Waals surface area contributed by atoms with Crippen molar-refractivity contribution in [3.8, 4) is 6.07 Å². The second-order valence-electron chi connectivity index (χ2n) is 6.20. The number of nitrogens with zero attached hydrogens (tertiary/aromatic N) is 1. The van der Waals surface area contributed by atoms with Gasteiger partial charge >= 0.3 is 0 Å². The lowest BCUT2D eigenvalue weighted by Crippen LogP contribution is -2.16. The standard InChI is InChI=1S/C23H19N3O2/c1-2-16-10-12-20(13-11-16)25-22(27)17-7-5-8-18(14-17)23(28)26-21-9-4-3-6-19(21)15-24/h3-14H,2H2,1H3,(H,25,27)(H,26,28). The van der Waals surface area contributed by atoms with E-state index in [0.29, 0.717) is 28.1 Å². The number of aryl methyl sites for hydroxylation is 1. The number of carbonyl (C=O) groups excluding carboxylic acids is 2. The summed E-state index contributed by atoms with van der Waals surface area (Å²) in [6.07, 6.45) is 0.931. The number of carbonyl (C=O) groups is 2. The summed E-state index contributed by atoms with van der Waals surface area (Å²) in [6.45, 7) is 2.07. The van der Waals surface area contributed by atoms with Crippen molar-refractivity contribution in [2.45, 2.75) is 13.3 Å². The molecule has 0 saturated carbocycles. The Kier molecular flexibility index (Phi) is 5.83. The molecule has 0 aliphatic carbocycles. The van der Waals surface area contributed by atoms with Gasteiger partial charge in [-0.15, -0.1) is 0 Å². The third-order valence-corrected chi connectivity index (χ3v) is 4.30. The lowest BCUT2D eigenvalue weighted by Gasteiger charge is -2.09. The predicted octanol–water partition coefficient (Wildman–Crippen LogP) is 4.63. The SMILES string of the molecule is CCc1ccc(NC(=O)c2cccc(C(=O)Nc3ccccc3C#N)c2)cc1. The number of rotatable bonds is 5. The summed E-state index contributed by atoms with van der Waals surface area (Å²) in [6, 6.07) is 22.9. The zero-order valence-electron chi connectivity index (χ0n) is 15.4. The number of anilines is 2. The molecule has 5 nitrogen and oxygen atoms in total. The Balaban J connectivity index is 1.74. The van der Waals surface area contributed by atoms with Crippen molar-refractivity contribution in [3.05, 3.63) is 95.1 Å². The molecule has 0 atom stereocenters. The van der Waals surface area contributed by atoms with Gasteiger partial charge < -0.3 is 10.6 Å². The van der Waals surface area contributed by atoms with Gasteiger partial charge in [-0.3, -0.25) is 9.59 Å². The van der Waals surface area contributed by atoms with Crippen molar-refractivity contribution < 1.29 is 9.59 Å². The summed E-state index contributed by atoms with van der Waals surface area (Å²) in [4.78, 5) is 25.0. The molecule has 0 bridgehead atoms. The minimum Gasteiger partial charge on any atom is -0.322 e. The van der Waals surface area contributed by atoms with Gasteiger partial charge in [0, 0.05) is 16.8 Å². The molecule has 0 aliphatic heterocycles. The van der Waals surface area contributed by atoms with Crippen LogP contribution in [0, 0.1) is 11.3 Å². The summed E-state index contributed by atoms with van der Waals surface area (Å²) >= 11 is 0. The summed E-state index contributed by atoms with van der Waals surface area (Å²) in [5.41, 5.74) is 3.40. The molecule has 28 heavy (non-hydrogen) atoms. The number of amides is 2. The minimum atomic E-state index is -0.385. The van der Waals surface area contributed by atoms with Gasteiger partial charge in [0.05, 0.1) is 11.3 Å². The highest BCUT2D eigenvalue weighted by Gasteiger charge is 2.12. The first-order chi connectivity index (χ1) is 13.6. The Bertz CT molecular complexity index is 1050. The molecule has 0 saturated heterocycles. The maximum absolute atomic E-state index is 12.5. The van der Waals surface area contributed by atoms with E-state index in [4.69, 9.17) is 5.26 Å². The van der Waals surface area contributed by atoms with Crippen LogP contribution in [-0.2, 0) is 6.42 Å². The van der Waals surface area contributed by atoms with E-state index in [1.165, 1.54) is 11.6 Å². The molecule has 2 amide bonds. The molecule has 3 aromatic rings. The number of benzene rings is 3. The van der Waals surface area contributed by atoms with Crippen LogP contribution in [0.15, 0.2) is 72.8 Å². The van der Waals surface area contributed by atoms with E-state index in [2.05, 4.69) is 17.6 Å². The van der Waals surface area contributed by atoms with Crippen LogP contribution in [0.1, 0.15) is 38.8 Å². The summed E-state index contributed by atoms with van der Waals surface area (Å²) < 4.78 is 0. The van der Waals surface area contributed by atoms with Gasteiger partial charge in [0.15, 0.2) is 0 Å². The third-order valence-electron chi connectivity index (χ3n) is 4.30. The van der Waals surface area contributed by atoms with E-state index in [0.717, 1.165) is 6.42 Å². The predicted molar refractivity (Wildman–Crippen MR) is 109 cm³/mol. The number of nitrogens with one attached hydrogen (secondary N) is 2. The Labute approximate surface area is 163 Å². The fourth-order valence-electron chi connectivity index (χ4n) is 2.71. The van der Waals surface area contributed by atoms with Gasteiger partial charge in [-0.25, -0.2) is 0 Å². The maximum Gasteiger partial charge on any atom is 0.255 e. The Morgan fingerprint density at radius 1 is 0.857 bits per heavy atom. The molecule has 0 radical (unpaired) electrons. The Morgan fingerprint density at radius 2 is 1.50 bits per heavy atom. The molecule has 3 aromatic carbocycles. The average Bonchev–Trinajstić information content (AvgIpc) is 2.74. The second-order valence-corrected chi connectivity index (χ2v) is 6.20. The van der Waals surface area contributed by atoms with Crippen molar-refractivity contribution in [2.24, 2.45) is 0 Å². The molecule has 3 rings (SSSR count). The molecule has 0 heterocycles. The smallest absolute Gasteiger partial charge is 0.255 e. The molecular formula is C23H19N3O2. The highest BCUT2D eigenvalue weighted by molar-refractivity contribution is 6.09. The molecular weight excluding hydrogens is 350 g/mol. The van der Waals surface area contributed by atoms with E-state index in [1.807, 2.05) is 30.3 Å². The Morgan fingerprint density at radius 3 is 2.14 bits per heavy atom. The van der Waals surface area contributed by atoms with E-state index in [-0.39, 0.29) is 11.8 Å². The van der Waals surface area contributed by atoms with Crippen molar-refractivity contribution in [2.75, 3.05) is 10.6 Å². The van der Waals surface area contributed by atoms with Crippen LogP contribution in [0.25, 0.3) is 0 Å². The number of hydrogen-bond acceptors (Lipinski definition) is 3. The summed E-state index contributed by atoms with van der Waals surface area (Å²) in [7, 11) is 0. The quantitative estimate of drug-likeness (QED) is 0.688. The Hall–Kier alpha value is -3.91. The minimum absolute atomic E-state index is 0.295. The van der Waals surface area contributed by atoms with Gasteiger partial charge in [-0.2, -0.15) is 5.26 Å². The van der Waals surface area contributed by atoms with Gasteiger partial charge in [0.25, 0.3) is 11.8 Å². The van der Waals surface area contributed by atoms with E-state index in [9.17, 15) is 9.59 Å². The second kappa shape index (κ2) is 8.65. The normalized spacial score (nSPS) is 10.0. The number of para-hydroxylation sites is 1. The van der Waals surface area contributed by atoms with Crippen LogP contribution in [0.5, 0.6) is 0 Å². The van der Waals surface area contributed by atoms with Crippen LogP contribution in [-0.4, -0.2) is 11.8 Å². The van der Waals surface area contributed by atoms with Gasteiger partial charge in [-0.05, 0) is 54.4 Å². The monoisotopic (exact) mass is 369 g/mol. The van der Waals surface area contributed by atoms with Crippen molar-refractivity contribution in [1.29, 1.82) is 5.26 Å².